The van der Waals surface area contributed by atoms with Gasteiger partial charge in [-0.3, -0.25) is 4.79 Å². The molecule has 0 saturated heterocycles. The topological polar surface area (TPSA) is 38.3 Å². The van der Waals surface area contributed by atoms with Crippen LogP contribution in [0.25, 0.3) is 0 Å². The predicted octanol–water partition coefficient (Wildman–Crippen LogP) is 1.09. The van der Waals surface area contributed by atoms with E-state index in [-0.39, 0.29) is 6.54 Å². The molecule has 1 unspecified atom stereocenters. The van der Waals surface area contributed by atoms with Crippen molar-refractivity contribution in [3.8, 4) is 0 Å². The first kappa shape index (κ1) is 12.2. The normalized spacial score (nSPS) is 13.9. The van der Waals surface area contributed by atoms with E-state index in [4.69, 9.17) is 0 Å². The number of carbonyl (C=O) groups excluding carboxylic acids is 1. The van der Waals surface area contributed by atoms with Crippen LogP contribution in [0.2, 0.25) is 0 Å². The van der Waals surface area contributed by atoms with Crippen LogP contribution in [-0.4, -0.2) is 31.8 Å². The van der Waals surface area contributed by atoms with E-state index in [0.29, 0.717) is 0 Å². The summed E-state index contributed by atoms with van der Waals surface area (Å²) < 4.78 is 40.5. The number of ether oxygens (including phenoxy) is 1. The Hall–Kier alpha value is -0.780. The lowest BCUT2D eigenvalue weighted by molar-refractivity contribution is -0.168. The van der Waals surface area contributed by atoms with Crippen molar-refractivity contribution in [1.29, 1.82) is 0 Å². The molecule has 0 aliphatic carbocycles. The lowest BCUT2D eigenvalue weighted by atomic mass is 10.2. The first-order valence-electron chi connectivity index (χ1n) is 3.78. The Morgan fingerprint density at radius 2 is 2.08 bits per heavy atom. The predicted molar refractivity (Wildman–Crippen MR) is 40.2 cm³/mol. The third kappa shape index (κ3) is 4.72. The maximum atomic E-state index is 12.1. The molecule has 0 amide bonds. The number of hydrogen-bond donors (Lipinski definition) is 1. The molecule has 0 aromatic carbocycles. The molecule has 0 spiro atoms. The first-order chi connectivity index (χ1) is 5.91. The van der Waals surface area contributed by atoms with Gasteiger partial charge in [0.2, 0.25) is 0 Å². The Morgan fingerprint density at radius 1 is 1.54 bits per heavy atom. The van der Waals surface area contributed by atoms with Crippen molar-refractivity contribution in [1.82, 2.24) is 5.32 Å². The standard InChI is InChI=1S/C7H12F3NO2/c1-3-11-5(7(8,9)10)4-6(12)13-2/h5,11H,3-4H2,1-2H3. The fourth-order valence-electron chi connectivity index (χ4n) is 0.800. The Balaban J connectivity index is 4.18. The van der Waals surface area contributed by atoms with Gasteiger partial charge in [-0.05, 0) is 6.54 Å². The second-order valence-electron chi connectivity index (χ2n) is 2.43. The van der Waals surface area contributed by atoms with Crippen LogP contribution in [0.5, 0.6) is 0 Å². The van der Waals surface area contributed by atoms with Crippen LogP contribution in [0.4, 0.5) is 13.2 Å². The van der Waals surface area contributed by atoms with Gasteiger partial charge in [0.1, 0.15) is 6.04 Å². The number of alkyl halides is 3. The van der Waals surface area contributed by atoms with Crippen molar-refractivity contribution < 1.29 is 22.7 Å². The van der Waals surface area contributed by atoms with Gasteiger partial charge in [0.15, 0.2) is 0 Å². The average molecular weight is 199 g/mol. The zero-order valence-corrected chi connectivity index (χ0v) is 7.44. The smallest absolute Gasteiger partial charge is 0.404 e. The van der Waals surface area contributed by atoms with E-state index in [1.54, 1.807) is 0 Å². The van der Waals surface area contributed by atoms with Gasteiger partial charge in [0.25, 0.3) is 0 Å². The van der Waals surface area contributed by atoms with Crippen LogP contribution < -0.4 is 5.32 Å². The Kier molecular flexibility index (Phi) is 4.76. The molecule has 0 fully saturated rings. The lowest BCUT2D eigenvalue weighted by Crippen LogP contribution is -2.43. The van der Waals surface area contributed by atoms with Gasteiger partial charge in [-0.2, -0.15) is 13.2 Å². The van der Waals surface area contributed by atoms with Gasteiger partial charge in [0.05, 0.1) is 13.5 Å². The number of hydrogen-bond acceptors (Lipinski definition) is 3. The fraction of sp³-hybridized carbons (Fsp3) is 0.857. The minimum absolute atomic E-state index is 0.154. The second-order valence-corrected chi connectivity index (χ2v) is 2.43. The highest BCUT2D eigenvalue weighted by molar-refractivity contribution is 5.70. The van der Waals surface area contributed by atoms with Crippen molar-refractivity contribution in [3.05, 3.63) is 0 Å². The molecule has 13 heavy (non-hydrogen) atoms. The highest BCUT2D eigenvalue weighted by Crippen LogP contribution is 2.22. The van der Waals surface area contributed by atoms with Crippen LogP contribution >= 0.6 is 0 Å². The molecule has 0 saturated carbocycles. The highest BCUT2D eigenvalue weighted by atomic mass is 19.4. The summed E-state index contributed by atoms with van der Waals surface area (Å²) in [5.74, 6) is -0.872. The molecule has 0 bridgehead atoms. The molecule has 3 nitrogen and oxygen atoms in total. The van der Waals surface area contributed by atoms with E-state index < -0.39 is 24.6 Å². The molecule has 1 N–H and O–H groups in total. The quantitative estimate of drug-likeness (QED) is 0.689. The third-order valence-corrected chi connectivity index (χ3v) is 1.44. The molecular formula is C7H12F3NO2. The van der Waals surface area contributed by atoms with E-state index in [1.807, 2.05) is 0 Å². The van der Waals surface area contributed by atoms with Gasteiger partial charge in [-0.1, -0.05) is 6.92 Å². The van der Waals surface area contributed by atoms with Gasteiger partial charge in [-0.15, -0.1) is 0 Å². The van der Waals surface area contributed by atoms with Crippen molar-refractivity contribution in [2.45, 2.75) is 25.6 Å². The van der Waals surface area contributed by atoms with Crippen LogP contribution in [0, 0.1) is 0 Å². The molecule has 78 valence electrons. The average Bonchev–Trinajstić information content (AvgIpc) is 2.01. The molecule has 1 atom stereocenters. The third-order valence-electron chi connectivity index (χ3n) is 1.44. The molecular weight excluding hydrogens is 187 g/mol. The Labute approximate surface area is 74.3 Å². The van der Waals surface area contributed by atoms with E-state index in [2.05, 4.69) is 10.1 Å². The fourth-order valence-corrected chi connectivity index (χ4v) is 0.800. The summed E-state index contributed by atoms with van der Waals surface area (Å²) in [5, 5.41) is 2.16. The van der Waals surface area contributed by atoms with Crippen molar-refractivity contribution in [2.75, 3.05) is 13.7 Å². The molecule has 0 aromatic heterocycles. The first-order valence-corrected chi connectivity index (χ1v) is 3.78. The van der Waals surface area contributed by atoms with Crippen LogP contribution in [-0.2, 0) is 9.53 Å². The molecule has 0 aliphatic heterocycles. The van der Waals surface area contributed by atoms with Gasteiger partial charge < -0.3 is 10.1 Å². The van der Waals surface area contributed by atoms with E-state index in [0.717, 1.165) is 7.11 Å². The van der Waals surface area contributed by atoms with E-state index >= 15 is 0 Å². The van der Waals surface area contributed by atoms with Crippen LogP contribution in [0.1, 0.15) is 13.3 Å². The molecule has 6 heteroatoms. The van der Waals surface area contributed by atoms with Gasteiger partial charge >= 0.3 is 12.1 Å². The largest absolute Gasteiger partial charge is 0.469 e. The maximum Gasteiger partial charge on any atom is 0.404 e. The van der Waals surface area contributed by atoms with Crippen molar-refractivity contribution in [3.63, 3.8) is 0 Å². The summed E-state index contributed by atoms with van der Waals surface area (Å²) >= 11 is 0. The summed E-state index contributed by atoms with van der Waals surface area (Å²) in [6.45, 7) is 1.69. The second kappa shape index (κ2) is 5.06. The van der Waals surface area contributed by atoms with Gasteiger partial charge in [-0.25, -0.2) is 0 Å². The molecule has 0 rings (SSSR count). The number of rotatable bonds is 4. The zero-order valence-electron chi connectivity index (χ0n) is 7.44. The summed E-state index contributed by atoms with van der Waals surface area (Å²) in [7, 11) is 1.06. The molecule has 0 aromatic rings. The molecule has 0 heterocycles. The molecule has 0 radical (unpaired) electrons. The molecule has 0 aliphatic rings. The monoisotopic (exact) mass is 199 g/mol. The number of nitrogens with one attached hydrogen (secondary N) is 1. The number of halogens is 3. The van der Waals surface area contributed by atoms with Crippen LogP contribution in [0.15, 0.2) is 0 Å². The summed E-state index contributed by atoms with van der Waals surface area (Å²) in [4.78, 5) is 10.6. The number of carbonyl (C=O) groups is 1. The Morgan fingerprint density at radius 3 is 2.38 bits per heavy atom. The summed E-state index contributed by atoms with van der Waals surface area (Å²) in [6, 6.07) is -1.81. The van der Waals surface area contributed by atoms with E-state index in [1.165, 1.54) is 6.92 Å². The number of methoxy groups -OCH3 is 1. The Bertz CT molecular complexity index is 170. The zero-order chi connectivity index (χ0) is 10.5. The SMILES string of the molecule is CCNC(CC(=O)OC)C(F)(F)F. The summed E-state index contributed by atoms with van der Waals surface area (Å²) in [6.07, 6.45) is -5.10. The minimum Gasteiger partial charge on any atom is -0.469 e. The summed E-state index contributed by atoms with van der Waals surface area (Å²) in [5.41, 5.74) is 0. The number of esters is 1. The van der Waals surface area contributed by atoms with Gasteiger partial charge in [0, 0.05) is 0 Å². The highest BCUT2D eigenvalue weighted by Gasteiger charge is 2.40. The van der Waals surface area contributed by atoms with Crippen molar-refractivity contribution >= 4 is 5.97 Å². The maximum absolute atomic E-state index is 12.1. The minimum atomic E-state index is -4.41. The van der Waals surface area contributed by atoms with E-state index in [9.17, 15) is 18.0 Å². The van der Waals surface area contributed by atoms with Crippen LogP contribution in [0.3, 0.4) is 0 Å². The van der Waals surface area contributed by atoms with Crippen molar-refractivity contribution in [2.24, 2.45) is 0 Å². The lowest BCUT2D eigenvalue weighted by Gasteiger charge is -2.19.